The summed E-state index contributed by atoms with van der Waals surface area (Å²) in [5.74, 6) is 0.103. The summed E-state index contributed by atoms with van der Waals surface area (Å²) in [7, 11) is 0. The van der Waals surface area contributed by atoms with Gasteiger partial charge in [0.15, 0.2) is 0 Å². The average molecular weight is 281 g/mol. The fourth-order valence-corrected chi connectivity index (χ4v) is 3.33. The van der Waals surface area contributed by atoms with E-state index in [1.54, 1.807) is 4.90 Å². The summed E-state index contributed by atoms with van der Waals surface area (Å²) >= 11 is 0. The van der Waals surface area contributed by atoms with E-state index in [-0.39, 0.29) is 12.0 Å². The molecule has 108 valence electrons. The van der Waals surface area contributed by atoms with Gasteiger partial charge in [0.2, 0.25) is 0 Å². The van der Waals surface area contributed by atoms with Crippen molar-refractivity contribution in [2.75, 3.05) is 6.54 Å². The van der Waals surface area contributed by atoms with Gasteiger partial charge in [0.05, 0.1) is 0 Å². The minimum Gasteiger partial charge on any atom is -0.465 e. The monoisotopic (exact) mass is 281 g/mol. The predicted molar refractivity (Wildman–Crippen MR) is 82.5 cm³/mol. The number of likely N-dealkylation sites (tertiary alicyclic amines) is 1. The Morgan fingerprint density at radius 3 is 2.00 bits per heavy atom. The van der Waals surface area contributed by atoms with Gasteiger partial charge in [0.1, 0.15) is 0 Å². The number of hydrogen-bond acceptors (Lipinski definition) is 1. The first kappa shape index (κ1) is 13.7. The van der Waals surface area contributed by atoms with Crippen molar-refractivity contribution in [1.82, 2.24) is 4.90 Å². The molecule has 0 spiro atoms. The molecule has 1 saturated heterocycles. The molecule has 1 unspecified atom stereocenters. The number of benzene rings is 2. The van der Waals surface area contributed by atoms with Crippen LogP contribution < -0.4 is 0 Å². The van der Waals surface area contributed by atoms with E-state index in [0.29, 0.717) is 6.54 Å². The number of amides is 1. The Morgan fingerprint density at radius 2 is 1.52 bits per heavy atom. The Hall–Kier alpha value is -2.29. The minimum absolute atomic E-state index is 0.0206. The molecule has 21 heavy (non-hydrogen) atoms. The maximum Gasteiger partial charge on any atom is 0.407 e. The van der Waals surface area contributed by atoms with Gasteiger partial charge in [-0.05, 0) is 24.0 Å². The van der Waals surface area contributed by atoms with Gasteiger partial charge < -0.3 is 10.0 Å². The predicted octanol–water partition coefficient (Wildman–Crippen LogP) is 3.96. The molecule has 3 nitrogen and oxygen atoms in total. The van der Waals surface area contributed by atoms with Crippen molar-refractivity contribution >= 4 is 6.09 Å². The van der Waals surface area contributed by atoms with Gasteiger partial charge in [-0.25, -0.2) is 4.79 Å². The highest BCUT2D eigenvalue weighted by molar-refractivity contribution is 5.66. The van der Waals surface area contributed by atoms with Crippen LogP contribution in [-0.4, -0.2) is 28.7 Å². The Bertz CT molecular complexity index is 558. The van der Waals surface area contributed by atoms with Crippen molar-refractivity contribution in [3.05, 3.63) is 71.8 Å². The average Bonchev–Trinajstić information content (AvgIpc) is 2.99. The van der Waals surface area contributed by atoms with Crippen molar-refractivity contribution in [3.63, 3.8) is 0 Å². The van der Waals surface area contributed by atoms with E-state index in [9.17, 15) is 9.90 Å². The van der Waals surface area contributed by atoms with Gasteiger partial charge in [-0.15, -0.1) is 0 Å². The SMILES string of the molecule is O=C(O)N1CCCC1C(c1ccccc1)c1ccccc1. The Morgan fingerprint density at radius 1 is 1.00 bits per heavy atom. The van der Waals surface area contributed by atoms with Gasteiger partial charge in [-0.2, -0.15) is 0 Å². The highest BCUT2D eigenvalue weighted by atomic mass is 16.4. The Kier molecular flexibility index (Phi) is 3.91. The lowest BCUT2D eigenvalue weighted by molar-refractivity contribution is 0.136. The topological polar surface area (TPSA) is 40.5 Å². The molecule has 1 heterocycles. The first-order valence-corrected chi connectivity index (χ1v) is 7.37. The Balaban J connectivity index is 2.03. The molecule has 0 saturated carbocycles. The second-order valence-electron chi connectivity index (χ2n) is 5.48. The van der Waals surface area contributed by atoms with Gasteiger partial charge in [-0.3, -0.25) is 0 Å². The summed E-state index contributed by atoms with van der Waals surface area (Å²) in [6.07, 6.45) is 1.04. The first-order chi connectivity index (χ1) is 10.3. The fraction of sp³-hybridized carbons (Fsp3) is 0.278. The smallest absolute Gasteiger partial charge is 0.407 e. The second-order valence-corrected chi connectivity index (χ2v) is 5.48. The fourth-order valence-electron chi connectivity index (χ4n) is 3.33. The van der Waals surface area contributed by atoms with E-state index in [2.05, 4.69) is 24.3 Å². The van der Waals surface area contributed by atoms with Crippen LogP contribution in [0.3, 0.4) is 0 Å². The van der Waals surface area contributed by atoms with E-state index < -0.39 is 6.09 Å². The largest absolute Gasteiger partial charge is 0.465 e. The summed E-state index contributed by atoms with van der Waals surface area (Å²) in [5, 5.41) is 9.45. The standard InChI is InChI=1S/C18H19NO2/c20-18(21)19-13-7-12-16(19)17(14-8-3-1-4-9-14)15-10-5-2-6-11-15/h1-6,8-11,16-17H,7,12-13H2,(H,20,21). The molecule has 1 aliphatic heterocycles. The second kappa shape index (κ2) is 6.00. The van der Waals surface area contributed by atoms with Crippen LogP contribution in [0.2, 0.25) is 0 Å². The van der Waals surface area contributed by atoms with Gasteiger partial charge in [0.25, 0.3) is 0 Å². The number of hydrogen-bond donors (Lipinski definition) is 1. The Labute approximate surface area is 124 Å². The van der Waals surface area contributed by atoms with Gasteiger partial charge in [-0.1, -0.05) is 60.7 Å². The van der Waals surface area contributed by atoms with Crippen molar-refractivity contribution in [1.29, 1.82) is 0 Å². The van der Waals surface area contributed by atoms with Crippen molar-refractivity contribution in [2.45, 2.75) is 24.8 Å². The van der Waals surface area contributed by atoms with E-state index in [0.717, 1.165) is 12.8 Å². The molecule has 0 bridgehead atoms. The molecule has 2 aromatic carbocycles. The third kappa shape index (κ3) is 2.77. The lowest BCUT2D eigenvalue weighted by Crippen LogP contribution is -2.38. The van der Waals surface area contributed by atoms with E-state index in [1.807, 2.05) is 36.4 Å². The molecule has 1 atom stereocenters. The zero-order chi connectivity index (χ0) is 14.7. The molecule has 0 aromatic heterocycles. The van der Waals surface area contributed by atoms with Crippen LogP contribution in [0.25, 0.3) is 0 Å². The summed E-state index contributed by atoms with van der Waals surface area (Å²) in [6, 6.07) is 20.5. The minimum atomic E-state index is -0.811. The number of nitrogens with zero attached hydrogens (tertiary/aromatic N) is 1. The lowest BCUT2D eigenvalue weighted by Gasteiger charge is -2.30. The van der Waals surface area contributed by atoms with Crippen LogP contribution in [0.4, 0.5) is 4.79 Å². The van der Waals surface area contributed by atoms with Crippen molar-refractivity contribution in [3.8, 4) is 0 Å². The van der Waals surface area contributed by atoms with Crippen LogP contribution in [-0.2, 0) is 0 Å². The normalized spacial score (nSPS) is 18.1. The molecule has 0 radical (unpaired) electrons. The molecule has 2 aromatic rings. The highest BCUT2D eigenvalue weighted by Crippen LogP contribution is 2.36. The molecule has 1 aliphatic rings. The number of rotatable bonds is 3. The maximum atomic E-state index is 11.5. The van der Waals surface area contributed by atoms with E-state index >= 15 is 0 Å². The quantitative estimate of drug-likeness (QED) is 0.925. The number of carbonyl (C=O) groups is 1. The third-order valence-electron chi connectivity index (χ3n) is 4.25. The molecule has 1 amide bonds. The van der Waals surface area contributed by atoms with Crippen LogP contribution >= 0.6 is 0 Å². The zero-order valence-electron chi connectivity index (χ0n) is 11.9. The highest BCUT2D eigenvalue weighted by Gasteiger charge is 2.36. The molecular weight excluding hydrogens is 262 g/mol. The van der Waals surface area contributed by atoms with E-state index in [1.165, 1.54) is 11.1 Å². The van der Waals surface area contributed by atoms with Crippen molar-refractivity contribution < 1.29 is 9.90 Å². The van der Waals surface area contributed by atoms with Crippen LogP contribution in [0, 0.1) is 0 Å². The summed E-state index contributed by atoms with van der Waals surface area (Å²) in [6.45, 7) is 0.635. The maximum absolute atomic E-state index is 11.5. The van der Waals surface area contributed by atoms with Crippen LogP contribution in [0.1, 0.15) is 29.9 Å². The summed E-state index contributed by atoms with van der Waals surface area (Å²) in [5.41, 5.74) is 2.36. The molecule has 0 aliphatic carbocycles. The van der Waals surface area contributed by atoms with Crippen LogP contribution in [0.15, 0.2) is 60.7 Å². The first-order valence-electron chi connectivity index (χ1n) is 7.37. The summed E-state index contributed by atoms with van der Waals surface area (Å²) in [4.78, 5) is 13.1. The number of carboxylic acid groups (broad SMARTS) is 1. The molecule has 3 rings (SSSR count). The third-order valence-corrected chi connectivity index (χ3v) is 4.25. The van der Waals surface area contributed by atoms with E-state index in [4.69, 9.17) is 0 Å². The molecular formula is C18H19NO2. The van der Waals surface area contributed by atoms with Gasteiger partial charge >= 0.3 is 6.09 Å². The molecule has 3 heteroatoms. The van der Waals surface area contributed by atoms with Crippen LogP contribution in [0.5, 0.6) is 0 Å². The zero-order valence-corrected chi connectivity index (χ0v) is 11.9. The molecule has 1 N–H and O–H groups in total. The molecule has 1 fully saturated rings. The lowest BCUT2D eigenvalue weighted by atomic mass is 9.84. The van der Waals surface area contributed by atoms with Crippen molar-refractivity contribution in [2.24, 2.45) is 0 Å². The van der Waals surface area contributed by atoms with Gasteiger partial charge in [0, 0.05) is 18.5 Å². The summed E-state index contributed by atoms with van der Waals surface area (Å²) < 4.78 is 0.